The van der Waals surface area contributed by atoms with Crippen molar-refractivity contribution in [2.45, 2.75) is 46.5 Å². The summed E-state index contributed by atoms with van der Waals surface area (Å²) < 4.78 is 0. The molecule has 2 aromatic rings. The molecule has 2 aromatic carbocycles. The maximum absolute atomic E-state index is 10.3. The molecule has 2 N–H and O–H groups in total. The van der Waals surface area contributed by atoms with Crippen LogP contribution in [0.4, 0.5) is 0 Å². The third kappa shape index (κ3) is 3.21. The number of rotatable bonds is 5. The van der Waals surface area contributed by atoms with Crippen LogP contribution >= 0.6 is 0 Å². The van der Waals surface area contributed by atoms with Crippen molar-refractivity contribution < 1.29 is 10.2 Å². The highest BCUT2D eigenvalue weighted by atomic mass is 16.3. The number of phenols is 2. The summed E-state index contributed by atoms with van der Waals surface area (Å²) in [5.41, 5.74) is 4.89. The average Bonchev–Trinajstić information content (AvgIpc) is 2.50. The fourth-order valence-electron chi connectivity index (χ4n) is 2.68. The van der Waals surface area contributed by atoms with Crippen molar-refractivity contribution in [3.8, 4) is 11.5 Å². The van der Waals surface area contributed by atoms with E-state index < -0.39 is 0 Å². The largest absolute Gasteiger partial charge is 0.507 e. The maximum Gasteiger partial charge on any atom is 0.122 e. The van der Waals surface area contributed by atoms with Crippen LogP contribution in [0.15, 0.2) is 24.3 Å². The third-order valence-corrected chi connectivity index (χ3v) is 3.99. The zero-order chi connectivity index (χ0) is 15.4. The Balaban J connectivity index is 2.40. The molecule has 0 atom stereocenters. The van der Waals surface area contributed by atoms with E-state index in [2.05, 4.69) is 6.07 Å². The number of hydrogen-bond acceptors (Lipinski definition) is 2. The Kier molecular flexibility index (Phi) is 4.89. The number of benzene rings is 2. The van der Waals surface area contributed by atoms with Gasteiger partial charge in [0.15, 0.2) is 0 Å². The zero-order valence-corrected chi connectivity index (χ0v) is 13.0. The van der Waals surface area contributed by atoms with E-state index in [0.717, 1.165) is 47.1 Å². The van der Waals surface area contributed by atoms with Gasteiger partial charge in [0.1, 0.15) is 11.5 Å². The minimum Gasteiger partial charge on any atom is -0.507 e. The lowest BCUT2D eigenvalue weighted by Gasteiger charge is -2.13. The Labute approximate surface area is 127 Å². The smallest absolute Gasteiger partial charge is 0.122 e. The quantitative estimate of drug-likeness (QED) is 0.864. The first kappa shape index (κ1) is 15.4. The van der Waals surface area contributed by atoms with Crippen LogP contribution in [-0.4, -0.2) is 10.2 Å². The molecule has 0 saturated carbocycles. The molecule has 1 radical (unpaired) electrons. The van der Waals surface area contributed by atoms with Gasteiger partial charge in [0.2, 0.25) is 0 Å². The minimum atomic E-state index is 0.375. The van der Waals surface area contributed by atoms with Gasteiger partial charge in [0.05, 0.1) is 0 Å². The van der Waals surface area contributed by atoms with Gasteiger partial charge in [0, 0.05) is 6.42 Å². The minimum absolute atomic E-state index is 0.375. The highest BCUT2D eigenvalue weighted by Crippen LogP contribution is 2.29. The van der Waals surface area contributed by atoms with E-state index in [1.807, 2.05) is 45.0 Å². The van der Waals surface area contributed by atoms with Crippen LogP contribution in [0.5, 0.6) is 11.5 Å². The van der Waals surface area contributed by atoms with Crippen molar-refractivity contribution in [2.24, 2.45) is 0 Å². The van der Waals surface area contributed by atoms with Crippen LogP contribution in [0.2, 0.25) is 0 Å². The van der Waals surface area contributed by atoms with Gasteiger partial charge >= 0.3 is 0 Å². The average molecular weight is 283 g/mol. The van der Waals surface area contributed by atoms with E-state index in [4.69, 9.17) is 0 Å². The Morgan fingerprint density at radius 3 is 1.76 bits per heavy atom. The first-order valence-electron chi connectivity index (χ1n) is 7.65. The molecule has 0 amide bonds. The van der Waals surface area contributed by atoms with Gasteiger partial charge in [-0.05, 0) is 65.3 Å². The number of aromatic hydroxyl groups is 2. The normalized spacial score (nSPS) is 10.8. The monoisotopic (exact) mass is 283 g/mol. The van der Waals surface area contributed by atoms with Crippen LogP contribution < -0.4 is 0 Å². The highest BCUT2D eigenvalue weighted by molar-refractivity contribution is 5.47. The lowest BCUT2D eigenvalue weighted by atomic mass is 9.95. The van der Waals surface area contributed by atoms with E-state index >= 15 is 0 Å². The lowest BCUT2D eigenvalue weighted by molar-refractivity contribution is 0.461. The molecule has 2 nitrogen and oxygen atoms in total. The summed E-state index contributed by atoms with van der Waals surface area (Å²) in [5.74, 6) is 0.794. The summed E-state index contributed by atoms with van der Waals surface area (Å²) in [5, 5.41) is 20.4. The van der Waals surface area contributed by atoms with Gasteiger partial charge < -0.3 is 10.2 Å². The second-order valence-electron chi connectivity index (χ2n) is 5.35. The Morgan fingerprint density at radius 2 is 1.24 bits per heavy atom. The third-order valence-electron chi connectivity index (χ3n) is 3.99. The van der Waals surface area contributed by atoms with Gasteiger partial charge in [-0.15, -0.1) is 0 Å². The van der Waals surface area contributed by atoms with Gasteiger partial charge in [-0.2, -0.15) is 0 Å². The van der Waals surface area contributed by atoms with Crippen molar-refractivity contribution in [1.29, 1.82) is 0 Å². The summed E-state index contributed by atoms with van der Waals surface area (Å²) in [6.45, 7) is 6.11. The lowest BCUT2D eigenvalue weighted by Crippen LogP contribution is -1.97. The van der Waals surface area contributed by atoms with Gasteiger partial charge in [-0.1, -0.05) is 32.9 Å². The molecule has 2 rings (SSSR count). The molecule has 0 spiro atoms. The molecule has 2 heteroatoms. The summed E-state index contributed by atoms with van der Waals surface area (Å²) in [6, 6.07) is 10.9. The van der Waals surface area contributed by atoms with Crippen molar-refractivity contribution in [3.63, 3.8) is 0 Å². The van der Waals surface area contributed by atoms with Crippen molar-refractivity contribution in [2.75, 3.05) is 0 Å². The van der Waals surface area contributed by atoms with E-state index in [0.29, 0.717) is 17.9 Å². The summed E-state index contributed by atoms with van der Waals surface area (Å²) in [6.07, 6.45) is 3.07. The molecule has 0 aliphatic rings. The fraction of sp³-hybridized carbons (Fsp3) is 0.368. The van der Waals surface area contributed by atoms with Gasteiger partial charge in [-0.25, -0.2) is 0 Å². The Bertz CT molecular complexity index is 604. The zero-order valence-electron chi connectivity index (χ0n) is 13.0. The number of aryl methyl sites for hydroxylation is 3. The van der Waals surface area contributed by atoms with Crippen molar-refractivity contribution in [1.82, 2.24) is 0 Å². The summed E-state index contributed by atoms with van der Waals surface area (Å²) in [7, 11) is 0. The second-order valence-corrected chi connectivity index (χ2v) is 5.35. The van der Waals surface area contributed by atoms with E-state index in [1.54, 1.807) is 0 Å². The molecule has 0 unspecified atom stereocenters. The fourth-order valence-corrected chi connectivity index (χ4v) is 2.68. The van der Waals surface area contributed by atoms with Crippen molar-refractivity contribution in [3.05, 3.63) is 58.1 Å². The summed E-state index contributed by atoms with van der Waals surface area (Å²) in [4.78, 5) is 0. The molecule has 0 aliphatic heterocycles. The Hall–Kier alpha value is -1.96. The molecule has 21 heavy (non-hydrogen) atoms. The van der Waals surface area contributed by atoms with Crippen LogP contribution in [0.3, 0.4) is 0 Å². The molecule has 0 aromatic heterocycles. The number of hydrogen-bond donors (Lipinski definition) is 2. The molecular weight excluding hydrogens is 260 g/mol. The molecular formula is C19H23O2. The Morgan fingerprint density at radius 1 is 0.762 bits per heavy atom. The van der Waals surface area contributed by atoms with Gasteiger partial charge in [-0.3, -0.25) is 0 Å². The second kappa shape index (κ2) is 6.66. The first-order valence-corrected chi connectivity index (χ1v) is 7.65. The van der Waals surface area contributed by atoms with Crippen LogP contribution in [0.1, 0.15) is 48.6 Å². The molecule has 111 valence electrons. The maximum atomic E-state index is 10.3. The van der Waals surface area contributed by atoms with Crippen molar-refractivity contribution >= 4 is 0 Å². The SMILES string of the molecule is CCc1cc(Cc2c[c]cc(CC)c2O)cc(CC)c1O. The highest BCUT2D eigenvalue weighted by Gasteiger charge is 2.11. The van der Waals surface area contributed by atoms with Crippen LogP contribution in [-0.2, 0) is 25.7 Å². The first-order chi connectivity index (χ1) is 10.1. The summed E-state index contributed by atoms with van der Waals surface area (Å²) >= 11 is 0. The topological polar surface area (TPSA) is 40.5 Å². The van der Waals surface area contributed by atoms with E-state index in [-0.39, 0.29) is 0 Å². The predicted octanol–water partition coefficient (Wildman–Crippen LogP) is 4.18. The molecule has 0 fully saturated rings. The molecule has 0 aliphatic carbocycles. The predicted molar refractivity (Wildman–Crippen MR) is 86.0 cm³/mol. The molecule has 0 bridgehead atoms. The molecule has 0 saturated heterocycles. The number of phenolic OH excluding ortho intramolecular Hbond substituents is 2. The van der Waals surface area contributed by atoms with Gasteiger partial charge in [0.25, 0.3) is 0 Å². The van der Waals surface area contributed by atoms with Crippen LogP contribution in [0.25, 0.3) is 0 Å². The standard InChI is InChI=1S/C19H23O2/c1-4-14-8-7-9-17(18(14)20)12-13-10-15(5-2)19(21)16(6-3)11-13/h8-11,20-21H,4-6,12H2,1-3H3. The van der Waals surface area contributed by atoms with Crippen LogP contribution in [0, 0.1) is 6.07 Å². The molecule has 0 heterocycles. The van der Waals surface area contributed by atoms with E-state index in [9.17, 15) is 10.2 Å². The van der Waals surface area contributed by atoms with E-state index in [1.165, 1.54) is 0 Å².